The summed E-state index contributed by atoms with van der Waals surface area (Å²) in [5.74, 6) is 0.0373. The van der Waals surface area contributed by atoms with Crippen molar-refractivity contribution in [2.45, 2.75) is 32.6 Å². The van der Waals surface area contributed by atoms with Gasteiger partial charge < -0.3 is 30.1 Å². The first-order chi connectivity index (χ1) is 18.4. The van der Waals surface area contributed by atoms with Gasteiger partial charge in [0.1, 0.15) is 11.5 Å². The number of rotatable bonds is 8. The molecular formula is C28H36N6O4. The van der Waals surface area contributed by atoms with Crippen molar-refractivity contribution in [2.75, 3.05) is 57.4 Å². The van der Waals surface area contributed by atoms with E-state index in [-0.39, 0.29) is 29.1 Å². The molecule has 202 valence electrons. The Morgan fingerprint density at radius 1 is 0.974 bits per heavy atom. The fourth-order valence-electron chi connectivity index (χ4n) is 5.13. The number of ether oxygens (including phenoxy) is 1. The van der Waals surface area contributed by atoms with Gasteiger partial charge >= 0.3 is 0 Å². The minimum atomic E-state index is -0.331. The SMILES string of the molecule is CC(C)c1cc(-c2nnc(C(=O)NCCN3CCCC3)n2-c2ccc(N3CCOCC3)cc2)c(O)cc1O. The van der Waals surface area contributed by atoms with E-state index in [2.05, 4.69) is 25.3 Å². The number of nitrogens with zero attached hydrogens (tertiary/aromatic N) is 5. The van der Waals surface area contributed by atoms with Crippen LogP contribution < -0.4 is 10.2 Å². The topological polar surface area (TPSA) is 116 Å². The lowest BCUT2D eigenvalue weighted by molar-refractivity contribution is 0.0937. The van der Waals surface area contributed by atoms with Gasteiger partial charge in [-0.15, -0.1) is 10.2 Å². The molecule has 0 spiro atoms. The average Bonchev–Trinajstić information content (AvgIpc) is 3.60. The number of morpholine rings is 1. The van der Waals surface area contributed by atoms with E-state index in [4.69, 9.17) is 4.74 Å². The van der Waals surface area contributed by atoms with Crippen molar-refractivity contribution in [3.05, 3.63) is 47.8 Å². The van der Waals surface area contributed by atoms with E-state index in [9.17, 15) is 15.0 Å². The molecule has 3 heterocycles. The smallest absolute Gasteiger partial charge is 0.289 e. The molecule has 2 aromatic carbocycles. The summed E-state index contributed by atoms with van der Waals surface area (Å²) in [4.78, 5) is 17.9. The largest absolute Gasteiger partial charge is 0.508 e. The van der Waals surface area contributed by atoms with Crippen molar-refractivity contribution >= 4 is 11.6 Å². The fourth-order valence-corrected chi connectivity index (χ4v) is 5.13. The van der Waals surface area contributed by atoms with Crippen molar-refractivity contribution < 1.29 is 19.7 Å². The number of anilines is 1. The molecule has 0 unspecified atom stereocenters. The van der Waals surface area contributed by atoms with Gasteiger partial charge in [-0.05, 0) is 67.7 Å². The van der Waals surface area contributed by atoms with Gasteiger partial charge in [-0.25, -0.2) is 0 Å². The number of aromatic nitrogens is 3. The Morgan fingerprint density at radius 2 is 1.66 bits per heavy atom. The maximum absolute atomic E-state index is 13.3. The van der Waals surface area contributed by atoms with Gasteiger partial charge in [-0.2, -0.15) is 0 Å². The summed E-state index contributed by atoms with van der Waals surface area (Å²) in [5.41, 5.74) is 2.84. The molecule has 0 radical (unpaired) electrons. The molecule has 5 rings (SSSR count). The van der Waals surface area contributed by atoms with E-state index in [0.717, 1.165) is 38.4 Å². The summed E-state index contributed by atoms with van der Waals surface area (Å²) < 4.78 is 7.14. The first kappa shape index (κ1) is 26.0. The number of phenolic OH excluding ortho intramolecular Hbond substituents is 2. The van der Waals surface area contributed by atoms with E-state index in [1.165, 1.54) is 18.9 Å². The van der Waals surface area contributed by atoms with Crippen LogP contribution in [0.2, 0.25) is 0 Å². The summed E-state index contributed by atoms with van der Waals surface area (Å²) in [6.07, 6.45) is 2.39. The highest BCUT2D eigenvalue weighted by atomic mass is 16.5. The van der Waals surface area contributed by atoms with E-state index in [1.807, 2.05) is 38.1 Å². The number of likely N-dealkylation sites (tertiary alicyclic amines) is 1. The number of amides is 1. The predicted octanol–water partition coefficient (Wildman–Crippen LogP) is 3.13. The number of nitrogens with one attached hydrogen (secondary N) is 1. The summed E-state index contributed by atoms with van der Waals surface area (Å²) in [6.45, 7) is 10.4. The lowest BCUT2D eigenvalue weighted by Gasteiger charge is -2.29. The second-order valence-electron chi connectivity index (χ2n) is 10.2. The molecule has 2 aliphatic rings. The van der Waals surface area contributed by atoms with Gasteiger partial charge in [0.25, 0.3) is 5.91 Å². The molecule has 2 fully saturated rings. The second kappa shape index (κ2) is 11.4. The van der Waals surface area contributed by atoms with E-state index < -0.39 is 0 Å². The first-order valence-corrected chi connectivity index (χ1v) is 13.4. The minimum Gasteiger partial charge on any atom is -0.508 e. The van der Waals surface area contributed by atoms with Gasteiger partial charge in [-0.1, -0.05) is 13.8 Å². The van der Waals surface area contributed by atoms with Crippen LogP contribution in [-0.4, -0.2) is 88.3 Å². The van der Waals surface area contributed by atoms with Crippen LogP contribution in [0.15, 0.2) is 36.4 Å². The van der Waals surface area contributed by atoms with Crippen molar-refractivity contribution in [3.8, 4) is 28.6 Å². The number of phenols is 2. The van der Waals surface area contributed by atoms with Crippen molar-refractivity contribution in [1.29, 1.82) is 0 Å². The van der Waals surface area contributed by atoms with E-state index in [0.29, 0.717) is 42.4 Å². The van der Waals surface area contributed by atoms with Crippen molar-refractivity contribution in [2.24, 2.45) is 0 Å². The molecule has 0 bridgehead atoms. The Kier molecular flexibility index (Phi) is 7.80. The normalized spacial score (nSPS) is 16.3. The zero-order valence-corrected chi connectivity index (χ0v) is 22.1. The molecule has 3 aromatic rings. The van der Waals surface area contributed by atoms with Crippen LogP contribution in [0.1, 0.15) is 48.8 Å². The van der Waals surface area contributed by atoms with E-state index >= 15 is 0 Å². The fraction of sp³-hybridized carbons (Fsp3) is 0.464. The molecule has 10 heteroatoms. The first-order valence-electron chi connectivity index (χ1n) is 13.4. The van der Waals surface area contributed by atoms with Gasteiger partial charge in [-0.3, -0.25) is 9.36 Å². The van der Waals surface area contributed by atoms with Crippen LogP contribution in [0.5, 0.6) is 11.5 Å². The monoisotopic (exact) mass is 520 g/mol. The molecule has 1 aromatic heterocycles. The Balaban J connectivity index is 1.50. The Labute approximate surface area is 222 Å². The number of benzene rings is 2. The van der Waals surface area contributed by atoms with E-state index in [1.54, 1.807) is 10.6 Å². The van der Waals surface area contributed by atoms with Crippen molar-refractivity contribution in [3.63, 3.8) is 0 Å². The van der Waals surface area contributed by atoms with Crippen LogP contribution in [0.3, 0.4) is 0 Å². The molecule has 2 aliphatic heterocycles. The summed E-state index contributed by atoms with van der Waals surface area (Å²) in [6, 6.07) is 10.9. The van der Waals surface area contributed by atoms with Crippen LogP contribution in [0, 0.1) is 0 Å². The van der Waals surface area contributed by atoms with Crippen LogP contribution in [0.25, 0.3) is 17.1 Å². The minimum absolute atomic E-state index is 0.0158. The highest BCUT2D eigenvalue weighted by Gasteiger charge is 2.25. The predicted molar refractivity (Wildman–Crippen MR) is 145 cm³/mol. The molecule has 0 atom stereocenters. The third-order valence-corrected chi connectivity index (χ3v) is 7.27. The summed E-state index contributed by atoms with van der Waals surface area (Å²) in [5, 5.41) is 32.7. The molecule has 3 N–H and O–H groups in total. The molecule has 38 heavy (non-hydrogen) atoms. The number of aromatic hydroxyl groups is 2. The Bertz CT molecular complexity index is 1260. The summed E-state index contributed by atoms with van der Waals surface area (Å²) in [7, 11) is 0. The third kappa shape index (κ3) is 5.46. The Morgan fingerprint density at radius 3 is 2.34 bits per heavy atom. The quantitative estimate of drug-likeness (QED) is 0.415. The molecule has 1 amide bonds. The molecule has 0 aliphatic carbocycles. The van der Waals surface area contributed by atoms with Crippen LogP contribution in [0.4, 0.5) is 5.69 Å². The summed E-state index contributed by atoms with van der Waals surface area (Å²) >= 11 is 0. The highest BCUT2D eigenvalue weighted by Crippen LogP contribution is 2.38. The van der Waals surface area contributed by atoms with Crippen LogP contribution in [-0.2, 0) is 4.74 Å². The lowest BCUT2D eigenvalue weighted by Crippen LogP contribution is -2.36. The van der Waals surface area contributed by atoms with Gasteiger partial charge in [0.15, 0.2) is 5.82 Å². The number of carbonyl (C=O) groups is 1. The molecular weight excluding hydrogens is 484 g/mol. The maximum Gasteiger partial charge on any atom is 0.289 e. The Hall–Kier alpha value is -3.63. The molecule has 0 saturated carbocycles. The average molecular weight is 521 g/mol. The van der Waals surface area contributed by atoms with Gasteiger partial charge in [0, 0.05) is 43.6 Å². The zero-order chi connectivity index (χ0) is 26.6. The zero-order valence-electron chi connectivity index (χ0n) is 22.1. The lowest BCUT2D eigenvalue weighted by atomic mass is 9.98. The number of hydrogen-bond acceptors (Lipinski definition) is 8. The van der Waals surface area contributed by atoms with Crippen molar-refractivity contribution in [1.82, 2.24) is 25.0 Å². The van der Waals surface area contributed by atoms with Gasteiger partial charge in [0.05, 0.1) is 18.8 Å². The van der Waals surface area contributed by atoms with Gasteiger partial charge in [0.2, 0.25) is 5.82 Å². The standard InChI is InChI=1S/C28H36N6O4/c1-19(2)22-17-23(25(36)18-24(22)35)26-30-31-27(28(37)29-9-12-32-10-3-4-11-32)34(26)21-7-5-20(6-8-21)33-13-15-38-16-14-33/h5-8,17-19,35-36H,3-4,9-16H2,1-2H3,(H,29,37). The second-order valence-corrected chi connectivity index (χ2v) is 10.2. The molecule has 2 saturated heterocycles. The number of carbonyl (C=O) groups excluding carboxylic acids is 1. The third-order valence-electron chi connectivity index (χ3n) is 7.27. The number of hydrogen-bond donors (Lipinski definition) is 3. The highest BCUT2D eigenvalue weighted by molar-refractivity contribution is 5.92. The van der Waals surface area contributed by atoms with Crippen LogP contribution >= 0.6 is 0 Å². The maximum atomic E-state index is 13.3. The molecule has 10 nitrogen and oxygen atoms in total.